The smallest absolute Gasteiger partial charge is 0.225 e. The van der Waals surface area contributed by atoms with Gasteiger partial charge in [0.1, 0.15) is 0 Å². The molecule has 1 aromatic rings. The highest BCUT2D eigenvalue weighted by molar-refractivity contribution is 6.30. The third-order valence-electron chi connectivity index (χ3n) is 4.33. The zero-order valence-corrected chi connectivity index (χ0v) is 17.3. The number of benzene rings is 1. The molecule has 146 valence electrons. The van der Waals surface area contributed by atoms with Crippen LogP contribution in [0, 0.1) is 5.41 Å². The Balaban J connectivity index is 0.00000338. The minimum atomic E-state index is -0.403. The summed E-state index contributed by atoms with van der Waals surface area (Å²) in [5, 5.41) is 6.92. The zero-order valence-electron chi connectivity index (χ0n) is 15.7. The summed E-state index contributed by atoms with van der Waals surface area (Å²) in [5.74, 6) is 0.135. The molecule has 1 saturated heterocycles. The predicted molar refractivity (Wildman–Crippen MR) is 108 cm³/mol. The molecule has 1 fully saturated rings. The van der Waals surface area contributed by atoms with Crippen LogP contribution in [0.1, 0.15) is 45.2 Å². The fourth-order valence-corrected chi connectivity index (χ4v) is 3.06. The van der Waals surface area contributed by atoms with Crippen molar-refractivity contribution in [2.45, 2.75) is 39.7 Å². The Morgan fingerprint density at radius 1 is 1.35 bits per heavy atom. The molecular formula is C19H29Cl2N3O2. The summed E-state index contributed by atoms with van der Waals surface area (Å²) in [7, 11) is 0. The van der Waals surface area contributed by atoms with Crippen molar-refractivity contribution < 1.29 is 9.59 Å². The van der Waals surface area contributed by atoms with Crippen molar-refractivity contribution in [1.82, 2.24) is 15.5 Å². The lowest BCUT2D eigenvalue weighted by molar-refractivity contribution is -0.135. The number of piperazine rings is 1. The second-order valence-corrected chi connectivity index (χ2v) is 7.91. The molecule has 1 aromatic carbocycles. The van der Waals surface area contributed by atoms with Gasteiger partial charge in [-0.15, -0.1) is 12.4 Å². The highest BCUT2D eigenvalue weighted by Gasteiger charge is 2.27. The van der Waals surface area contributed by atoms with E-state index in [9.17, 15) is 9.59 Å². The summed E-state index contributed by atoms with van der Waals surface area (Å²) in [4.78, 5) is 26.4. The molecule has 0 bridgehead atoms. The monoisotopic (exact) mass is 401 g/mol. The molecule has 2 amide bonds. The van der Waals surface area contributed by atoms with E-state index >= 15 is 0 Å². The molecule has 26 heavy (non-hydrogen) atoms. The normalized spacial score (nSPS) is 17.4. The maximum atomic E-state index is 12.7. The van der Waals surface area contributed by atoms with E-state index < -0.39 is 5.41 Å². The molecule has 1 heterocycles. The summed E-state index contributed by atoms with van der Waals surface area (Å²) in [6.45, 7) is 8.37. The standard InChI is InChI=1S/C19H28ClN3O2.ClH/c1-19(2,3)18(25)22-9-5-8-17(24)23-11-10-21-13-16(23)14-6-4-7-15(20)12-14;/h4,6-7,12,16,21H,5,8-11,13H2,1-3H3,(H,22,25);1H. The van der Waals surface area contributed by atoms with Crippen molar-refractivity contribution in [2.24, 2.45) is 5.41 Å². The van der Waals surface area contributed by atoms with Crippen LogP contribution in [-0.2, 0) is 9.59 Å². The molecule has 0 spiro atoms. The maximum Gasteiger partial charge on any atom is 0.225 e. The minimum absolute atomic E-state index is 0. The summed E-state index contributed by atoms with van der Waals surface area (Å²) < 4.78 is 0. The van der Waals surface area contributed by atoms with Crippen molar-refractivity contribution >= 4 is 35.8 Å². The number of amides is 2. The van der Waals surface area contributed by atoms with Gasteiger partial charge in [-0.1, -0.05) is 44.5 Å². The van der Waals surface area contributed by atoms with Crippen LogP contribution in [0.4, 0.5) is 0 Å². The Bertz CT molecular complexity index is 617. The lowest BCUT2D eigenvalue weighted by Crippen LogP contribution is -2.48. The second-order valence-electron chi connectivity index (χ2n) is 7.47. The Kier molecular flexibility index (Phi) is 8.87. The second kappa shape index (κ2) is 10.1. The van der Waals surface area contributed by atoms with Crippen LogP contribution in [0.3, 0.4) is 0 Å². The minimum Gasteiger partial charge on any atom is -0.356 e. The Labute approximate surface area is 167 Å². The third-order valence-corrected chi connectivity index (χ3v) is 4.57. The van der Waals surface area contributed by atoms with E-state index in [0.29, 0.717) is 31.0 Å². The van der Waals surface area contributed by atoms with Crippen LogP contribution in [-0.4, -0.2) is 42.9 Å². The average Bonchev–Trinajstić information content (AvgIpc) is 2.57. The number of rotatable bonds is 5. The Morgan fingerprint density at radius 3 is 2.73 bits per heavy atom. The highest BCUT2D eigenvalue weighted by Crippen LogP contribution is 2.25. The van der Waals surface area contributed by atoms with E-state index in [2.05, 4.69) is 10.6 Å². The number of carbonyl (C=O) groups excluding carboxylic acids is 2. The quantitative estimate of drug-likeness (QED) is 0.744. The van der Waals surface area contributed by atoms with Gasteiger partial charge in [-0.05, 0) is 24.1 Å². The van der Waals surface area contributed by atoms with Crippen molar-refractivity contribution in [3.05, 3.63) is 34.9 Å². The van der Waals surface area contributed by atoms with Crippen LogP contribution in [0.15, 0.2) is 24.3 Å². The van der Waals surface area contributed by atoms with Crippen LogP contribution < -0.4 is 10.6 Å². The van der Waals surface area contributed by atoms with E-state index in [4.69, 9.17) is 11.6 Å². The molecule has 2 rings (SSSR count). The zero-order chi connectivity index (χ0) is 18.4. The number of nitrogens with zero attached hydrogens (tertiary/aromatic N) is 1. The number of nitrogens with one attached hydrogen (secondary N) is 2. The van der Waals surface area contributed by atoms with E-state index in [1.54, 1.807) is 0 Å². The fourth-order valence-electron chi connectivity index (χ4n) is 2.86. The molecule has 0 radical (unpaired) electrons. The predicted octanol–water partition coefficient (Wildman–Crippen LogP) is 3.18. The Morgan fingerprint density at radius 2 is 2.08 bits per heavy atom. The molecule has 1 atom stereocenters. The molecular weight excluding hydrogens is 373 g/mol. The van der Waals surface area contributed by atoms with Crippen molar-refractivity contribution in [1.29, 1.82) is 0 Å². The summed E-state index contributed by atoms with van der Waals surface area (Å²) in [6, 6.07) is 7.68. The summed E-state index contributed by atoms with van der Waals surface area (Å²) >= 11 is 6.10. The first-order valence-corrected chi connectivity index (χ1v) is 9.21. The summed E-state index contributed by atoms with van der Waals surface area (Å²) in [5.41, 5.74) is 0.648. The molecule has 5 nitrogen and oxygen atoms in total. The lowest BCUT2D eigenvalue weighted by Gasteiger charge is -2.36. The van der Waals surface area contributed by atoms with Gasteiger partial charge in [0.2, 0.25) is 11.8 Å². The van der Waals surface area contributed by atoms with Crippen LogP contribution in [0.25, 0.3) is 0 Å². The van der Waals surface area contributed by atoms with Gasteiger partial charge in [-0.3, -0.25) is 9.59 Å². The van der Waals surface area contributed by atoms with Gasteiger partial charge in [0.25, 0.3) is 0 Å². The number of halogens is 2. The van der Waals surface area contributed by atoms with Crippen molar-refractivity contribution in [3.8, 4) is 0 Å². The molecule has 0 aromatic heterocycles. The first-order chi connectivity index (χ1) is 11.8. The van der Waals surface area contributed by atoms with E-state index in [-0.39, 0.29) is 30.3 Å². The van der Waals surface area contributed by atoms with E-state index in [0.717, 1.165) is 18.7 Å². The lowest BCUT2D eigenvalue weighted by atomic mass is 9.96. The van der Waals surface area contributed by atoms with Crippen LogP contribution in [0.5, 0.6) is 0 Å². The SMILES string of the molecule is CC(C)(C)C(=O)NCCCC(=O)N1CCNCC1c1cccc(Cl)c1.Cl. The maximum absolute atomic E-state index is 12.7. The van der Waals surface area contributed by atoms with E-state index in [1.165, 1.54) is 0 Å². The van der Waals surface area contributed by atoms with Crippen LogP contribution in [0.2, 0.25) is 5.02 Å². The van der Waals surface area contributed by atoms with Gasteiger partial charge in [-0.25, -0.2) is 0 Å². The molecule has 1 aliphatic rings. The number of hydrogen-bond acceptors (Lipinski definition) is 3. The summed E-state index contributed by atoms with van der Waals surface area (Å²) in [6.07, 6.45) is 1.08. The molecule has 1 unspecified atom stereocenters. The molecule has 0 saturated carbocycles. The van der Waals surface area contributed by atoms with E-state index in [1.807, 2.05) is 49.9 Å². The van der Waals surface area contributed by atoms with Gasteiger partial charge in [0, 0.05) is 43.0 Å². The number of hydrogen-bond donors (Lipinski definition) is 2. The molecule has 1 aliphatic heterocycles. The largest absolute Gasteiger partial charge is 0.356 e. The molecule has 7 heteroatoms. The number of carbonyl (C=O) groups is 2. The first kappa shape index (κ1) is 22.7. The first-order valence-electron chi connectivity index (χ1n) is 8.83. The molecule has 0 aliphatic carbocycles. The van der Waals surface area contributed by atoms with Crippen LogP contribution >= 0.6 is 24.0 Å². The van der Waals surface area contributed by atoms with Gasteiger partial charge in [0.05, 0.1) is 6.04 Å². The van der Waals surface area contributed by atoms with Gasteiger partial charge in [0.15, 0.2) is 0 Å². The van der Waals surface area contributed by atoms with Gasteiger partial charge >= 0.3 is 0 Å². The van der Waals surface area contributed by atoms with Crippen molar-refractivity contribution in [2.75, 3.05) is 26.2 Å². The fraction of sp³-hybridized carbons (Fsp3) is 0.579. The Hall–Kier alpha value is -1.30. The highest BCUT2D eigenvalue weighted by atomic mass is 35.5. The molecule has 2 N–H and O–H groups in total. The third kappa shape index (κ3) is 6.45. The van der Waals surface area contributed by atoms with Gasteiger partial charge < -0.3 is 15.5 Å². The van der Waals surface area contributed by atoms with Crippen molar-refractivity contribution in [3.63, 3.8) is 0 Å². The van der Waals surface area contributed by atoms with Gasteiger partial charge in [-0.2, -0.15) is 0 Å². The average molecular weight is 402 g/mol. The topological polar surface area (TPSA) is 61.4 Å².